The summed E-state index contributed by atoms with van der Waals surface area (Å²) in [7, 11) is 4.18. The maximum absolute atomic E-state index is 13.6. The molecule has 1 fully saturated rings. The number of hydrogen-bond donors (Lipinski definition) is 1. The predicted molar refractivity (Wildman–Crippen MR) is 79.1 cm³/mol. The Bertz CT molecular complexity index is 425. The number of nitrogens with zero attached hydrogens (tertiary/aromatic N) is 2. The average molecular weight is 280 g/mol. The molecule has 2 atom stereocenters. The van der Waals surface area contributed by atoms with Crippen LogP contribution in [0, 0.1) is 5.82 Å². The van der Waals surface area contributed by atoms with Crippen LogP contribution in [0.3, 0.4) is 0 Å². The van der Waals surface area contributed by atoms with Crippen LogP contribution in [0.25, 0.3) is 0 Å². The molecule has 0 aromatic heterocycles. The van der Waals surface area contributed by atoms with E-state index in [2.05, 4.69) is 23.9 Å². The van der Waals surface area contributed by atoms with Crippen LogP contribution in [-0.2, 0) is 0 Å². The molecule has 4 heteroatoms. The van der Waals surface area contributed by atoms with Gasteiger partial charge >= 0.3 is 0 Å². The summed E-state index contributed by atoms with van der Waals surface area (Å²) >= 11 is 0. The first-order chi connectivity index (χ1) is 9.58. The number of likely N-dealkylation sites (tertiary alicyclic amines) is 1. The number of rotatable bonds is 6. The molecule has 1 aromatic rings. The minimum absolute atomic E-state index is 0.314. The third kappa shape index (κ3) is 4.01. The first-order valence-electron chi connectivity index (χ1n) is 7.39. The largest absolute Gasteiger partial charge is 0.388 e. The van der Waals surface area contributed by atoms with Crippen molar-refractivity contribution < 1.29 is 9.50 Å². The number of aliphatic hydroxyl groups is 1. The molecule has 112 valence electrons. The summed E-state index contributed by atoms with van der Waals surface area (Å²) in [6.07, 6.45) is 2.31. The Hall–Kier alpha value is -0.970. The Balaban J connectivity index is 1.87. The SMILES string of the molecule is CN(C)CC1CCCN1CCC(O)c1ccccc1F. The summed E-state index contributed by atoms with van der Waals surface area (Å²) in [5.41, 5.74) is 0.413. The van der Waals surface area contributed by atoms with Gasteiger partial charge in [0.15, 0.2) is 0 Å². The minimum atomic E-state index is -0.711. The molecule has 2 unspecified atom stereocenters. The summed E-state index contributed by atoms with van der Waals surface area (Å²) in [5.74, 6) is -0.314. The molecule has 1 heterocycles. The molecule has 1 N–H and O–H groups in total. The molecule has 1 aliphatic heterocycles. The summed E-state index contributed by atoms with van der Waals surface area (Å²) in [6, 6.07) is 7.06. The van der Waals surface area contributed by atoms with Gasteiger partial charge in [-0.25, -0.2) is 4.39 Å². The van der Waals surface area contributed by atoms with Crippen LogP contribution in [0.1, 0.15) is 30.9 Å². The van der Waals surface area contributed by atoms with Crippen molar-refractivity contribution in [1.29, 1.82) is 0 Å². The number of likely N-dealkylation sites (N-methyl/N-ethyl adjacent to an activating group) is 1. The van der Waals surface area contributed by atoms with Crippen LogP contribution < -0.4 is 0 Å². The van der Waals surface area contributed by atoms with E-state index in [4.69, 9.17) is 0 Å². The van der Waals surface area contributed by atoms with E-state index < -0.39 is 6.10 Å². The molecular weight excluding hydrogens is 255 g/mol. The van der Waals surface area contributed by atoms with E-state index in [-0.39, 0.29) is 5.82 Å². The molecule has 0 radical (unpaired) electrons. The van der Waals surface area contributed by atoms with E-state index in [1.165, 1.54) is 18.9 Å². The van der Waals surface area contributed by atoms with Crippen molar-refractivity contribution in [2.75, 3.05) is 33.7 Å². The summed E-state index contributed by atoms with van der Waals surface area (Å²) in [5, 5.41) is 10.2. The highest BCUT2D eigenvalue weighted by molar-refractivity contribution is 5.19. The zero-order valence-corrected chi connectivity index (χ0v) is 12.4. The van der Waals surface area contributed by atoms with Gasteiger partial charge in [-0.05, 0) is 46.0 Å². The fraction of sp³-hybridized carbons (Fsp3) is 0.625. The van der Waals surface area contributed by atoms with Crippen LogP contribution >= 0.6 is 0 Å². The quantitative estimate of drug-likeness (QED) is 0.866. The highest BCUT2D eigenvalue weighted by Gasteiger charge is 2.25. The summed E-state index contributed by atoms with van der Waals surface area (Å²) in [4.78, 5) is 4.63. The molecule has 0 amide bonds. The molecule has 1 aliphatic rings. The van der Waals surface area contributed by atoms with E-state index in [0.29, 0.717) is 18.0 Å². The van der Waals surface area contributed by atoms with Gasteiger partial charge in [0.05, 0.1) is 6.10 Å². The van der Waals surface area contributed by atoms with Gasteiger partial charge in [-0.3, -0.25) is 4.90 Å². The van der Waals surface area contributed by atoms with Crippen molar-refractivity contribution in [3.8, 4) is 0 Å². The summed E-state index contributed by atoms with van der Waals surface area (Å²) < 4.78 is 13.6. The zero-order chi connectivity index (χ0) is 14.5. The van der Waals surface area contributed by atoms with Gasteiger partial charge in [0.25, 0.3) is 0 Å². The predicted octanol–water partition coefficient (Wildman–Crippen LogP) is 2.28. The van der Waals surface area contributed by atoms with E-state index >= 15 is 0 Å². The average Bonchev–Trinajstić information content (AvgIpc) is 2.83. The second-order valence-corrected chi connectivity index (χ2v) is 5.92. The normalized spacial score (nSPS) is 21.6. The lowest BCUT2D eigenvalue weighted by molar-refractivity contribution is 0.128. The lowest BCUT2D eigenvalue weighted by Gasteiger charge is -2.27. The topological polar surface area (TPSA) is 26.7 Å². The van der Waals surface area contributed by atoms with Gasteiger partial charge in [0.1, 0.15) is 5.82 Å². The molecule has 0 spiro atoms. The van der Waals surface area contributed by atoms with Crippen molar-refractivity contribution in [1.82, 2.24) is 9.80 Å². The third-order valence-electron chi connectivity index (χ3n) is 4.03. The van der Waals surface area contributed by atoms with Crippen molar-refractivity contribution >= 4 is 0 Å². The van der Waals surface area contributed by atoms with Gasteiger partial charge in [-0.1, -0.05) is 18.2 Å². The maximum atomic E-state index is 13.6. The minimum Gasteiger partial charge on any atom is -0.388 e. The van der Waals surface area contributed by atoms with Crippen LogP contribution in [0.5, 0.6) is 0 Å². The second kappa shape index (κ2) is 7.16. The van der Waals surface area contributed by atoms with Crippen molar-refractivity contribution in [2.45, 2.75) is 31.4 Å². The van der Waals surface area contributed by atoms with Gasteiger partial charge in [-0.2, -0.15) is 0 Å². The number of halogens is 1. The van der Waals surface area contributed by atoms with E-state index in [1.54, 1.807) is 18.2 Å². The monoisotopic (exact) mass is 280 g/mol. The van der Waals surface area contributed by atoms with Crippen LogP contribution in [-0.4, -0.2) is 54.7 Å². The number of hydrogen-bond acceptors (Lipinski definition) is 3. The first-order valence-corrected chi connectivity index (χ1v) is 7.39. The Morgan fingerprint density at radius 2 is 2.15 bits per heavy atom. The third-order valence-corrected chi connectivity index (χ3v) is 4.03. The highest BCUT2D eigenvalue weighted by Crippen LogP contribution is 2.23. The molecule has 20 heavy (non-hydrogen) atoms. The smallest absolute Gasteiger partial charge is 0.128 e. The lowest BCUT2D eigenvalue weighted by atomic mass is 10.1. The van der Waals surface area contributed by atoms with Gasteiger partial charge in [0, 0.05) is 24.7 Å². The lowest BCUT2D eigenvalue weighted by Crippen LogP contribution is -2.38. The Labute approximate surface area is 121 Å². The van der Waals surface area contributed by atoms with E-state index in [1.807, 2.05) is 0 Å². The molecule has 0 aliphatic carbocycles. The maximum Gasteiger partial charge on any atom is 0.128 e. The number of benzene rings is 1. The molecule has 2 rings (SSSR count). The highest BCUT2D eigenvalue weighted by atomic mass is 19.1. The van der Waals surface area contributed by atoms with Gasteiger partial charge in [-0.15, -0.1) is 0 Å². The molecule has 1 aromatic carbocycles. The summed E-state index contributed by atoms with van der Waals surface area (Å²) in [6.45, 7) is 2.96. The first kappa shape index (κ1) is 15.4. The van der Waals surface area contributed by atoms with Crippen LogP contribution in [0.2, 0.25) is 0 Å². The molecule has 3 nitrogen and oxygen atoms in total. The van der Waals surface area contributed by atoms with Crippen LogP contribution in [0.4, 0.5) is 4.39 Å². The Kier molecular flexibility index (Phi) is 5.52. The van der Waals surface area contributed by atoms with Crippen LogP contribution in [0.15, 0.2) is 24.3 Å². The van der Waals surface area contributed by atoms with Gasteiger partial charge < -0.3 is 10.0 Å². The second-order valence-electron chi connectivity index (χ2n) is 5.92. The molecule has 1 saturated heterocycles. The van der Waals surface area contributed by atoms with Gasteiger partial charge in [0.2, 0.25) is 0 Å². The molecule has 0 bridgehead atoms. The van der Waals surface area contributed by atoms with E-state index in [9.17, 15) is 9.50 Å². The molecule has 0 saturated carbocycles. The zero-order valence-electron chi connectivity index (χ0n) is 12.4. The standard InChI is InChI=1S/C16H25FN2O/c1-18(2)12-13-6-5-10-19(13)11-9-16(20)14-7-3-4-8-15(14)17/h3-4,7-8,13,16,20H,5-6,9-12H2,1-2H3. The fourth-order valence-corrected chi connectivity index (χ4v) is 3.01. The Morgan fingerprint density at radius 1 is 1.40 bits per heavy atom. The number of aliphatic hydroxyl groups excluding tert-OH is 1. The Morgan fingerprint density at radius 3 is 2.85 bits per heavy atom. The van der Waals surface area contributed by atoms with Crippen molar-refractivity contribution in [2.24, 2.45) is 0 Å². The fourth-order valence-electron chi connectivity index (χ4n) is 3.01. The van der Waals surface area contributed by atoms with E-state index in [0.717, 1.165) is 19.6 Å². The van der Waals surface area contributed by atoms with Crippen molar-refractivity contribution in [3.63, 3.8) is 0 Å². The molecular formula is C16H25FN2O. The van der Waals surface area contributed by atoms with Crippen molar-refractivity contribution in [3.05, 3.63) is 35.6 Å².